The van der Waals surface area contributed by atoms with Gasteiger partial charge in [0.1, 0.15) is 5.56 Å². The van der Waals surface area contributed by atoms with Crippen molar-refractivity contribution >= 4 is 36.6 Å². The molecule has 0 radical (unpaired) electrons. The van der Waals surface area contributed by atoms with Crippen molar-refractivity contribution in [2.24, 2.45) is 11.8 Å². The molecule has 2 atom stereocenters. The van der Waals surface area contributed by atoms with Gasteiger partial charge in [-0.2, -0.15) is 0 Å². The first-order chi connectivity index (χ1) is 12.6. The van der Waals surface area contributed by atoms with Crippen LogP contribution in [0.25, 0.3) is 0 Å². The van der Waals surface area contributed by atoms with E-state index in [-0.39, 0.29) is 53.8 Å². The molecule has 3 heterocycles. The molecule has 3 fully saturated rings. The van der Waals surface area contributed by atoms with Crippen LogP contribution >= 0.6 is 24.8 Å². The van der Waals surface area contributed by atoms with Gasteiger partial charge in [0.05, 0.1) is 0 Å². The number of aromatic nitrogens is 1. The Hall–Kier alpha value is -1.57. The minimum atomic E-state index is -0.352. The van der Waals surface area contributed by atoms with Crippen LogP contribution in [0.4, 0.5) is 0 Å². The van der Waals surface area contributed by atoms with Gasteiger partial charge in [0.15, 0.2) is 0 Å². The molecule has 156 valence electrons. The van der Waals surface area contributed by atoms with Gasteiger partial charge in [-0.15, -0.1) is 24.8 Å². The van der Waals surface area contributed by atoms with E-state index in [9.17, 15) is 14.4 Å². The lowest BCUT2D eigenvalue weighted by Crippen LogP contribution is -2.43. The van der Waals surface area contributed by atoms with Gasteiger partial charge in [-0.3, -0.25) is 19.3 Å². The highest BCUT2D eigenvalue weighted by Gasteiger charge is 2.43. The number of carbonyl (C=O) groups is 2. The monoisotopic (exact) mass is 430 g/mol. The Morgan fingerprint density at radius 2 is 1.96 bits per heavy atom. The number of pyridine rings is 1. The number of H-pyrrole nitrogens is 1. The average molecular weight is 431 g/mol. The van der Waals surface area contributed by atoms with Crippen LogP contribution in [0.1, 0.15) is 36.0 Å². The lowest BCUT2D eigenvalue weighted by atomic mass is 9.98. The van der Waals surface area contributed by atoms with E-state index in [0.29, 0.717) is 18.3 Å². The second-order valence-electron chi connectivity index (χ2n) is 7.74. The van der Waals surface area contributed by atoms with E-state index in [1.165, 1.54) is 19.0 Å². The Bertz CT molecular complexity index is 753. The van der Waals surface area contributed by atoms with E-state index in [1.807, 2.05) is 4.90 Å². The summed E-state index contributed by atoms with van der Waals surface area (Å²) in [6.45, 7) is 4.25. The van der Waals surface area contributed by atoms with Crippen LogP contribution in [0.15, 0.2) is 23.1 Å². The molecule has 4 rings (SSSR count). The molecule has 0 unspecified atom stereocenters. The van der Waals surface area contributed by atoms with Crippen molar-refractivity contribution in [3.8, 4) is 0 Å². The molecule has 2 amide bonds. The normalized spacial score (nSPS) is 24.6. The van der Waals surface area contributed by atoms with E-state index in [2.05, 4.69) is 15.2 Å². The molecule has 0 bridgehead atoms. The summed E-state index contributed by atoms with van der Waals surface area (Å²) in [5.74, 6) is 1.08. The van der Waals surface area contributed by atoms with Gasteiger partial charge in [0.25, 0.3) is 11.5 Å². The van der Waals surface area contributed by atoms with Gasteiger partial charge in [-0.1, -0.05) is 0 Å². The molecule has 3 aliphatic rings. The summed E-state index contributed by atoms with van der Waals surface area (Å²) in [6.07, 6.45) is 5.62. The van der Waals surface area contributed by atoms with Crippen molar-refractivity contribution in [1.29, 1.82) is 0 Å². The maximum atomic E-state index is 12.5. The molecule has 1 saturated carbocycles. The Labute approximate surface area is 177 Å². The molecule has 2 N–H and O–H groups in total. The topological polar surface area (TPSA) is 85.5 Å². The first-order valence-corrected chi connectivity index (χ1v) is 9.60. The fraction of sp³-hybridized carbons (Fsp3) is 0.632. The van der Waals surface area contributed by atoms with E-state index in [1.54, 1.807) is 12.1 Å². The summed E-state index contributed by atoms with van der Waals surface area (Å²) in [5, 5.41) is 3.09. The number of nitrogens with zero attached hydrogens (tertiary/aromatic N) is 2. The van der Waals surface area contributed by atoms with Gasteiger partial charge in [0.2, 0.25) is 5.91 Å². The average Bonchev–Trinajstić information content (AvgIpc) is 3.27. The van der Waals surface area contributed by atoms with Crippen LogP contribution in [0, 0.1) is 11.8 Å². The first kappa shape index (κ1) is 22.7. The fourth-order valence-corrected chi connectivity index (χ4v) is 4.30. The predicted octanol–water partition coefficient (Wildman–Crippen LogP) is 1.28. The van der Waals surface area contributed by atoms with Crippen molar-refractivity contribution in [1.82, 2.24) is 20.1 Å². The van der Waals surface area contributed by atoms with Crippen LogP contribution in [-0.2, 0) is 4.79 Å². The van der Waals surface area contributed by atoms with Crippen molar-refractivity contribution in [3.05, 3.63) is 34.2 Å². The standard InChI is InChI=1S/C19H26N4O3.2ClH/c24-17-4-2-8-23(17)10-9-22-11-15(13-5-6-13)16(12-22)21-19(26)14-3-1-7-20-18(14)25;;/h1,3,7,13,15-16H,2,4-6,8-12H2,(H,20,25)(H,21,26);2*1H/t15-,16+;;/m1../s1. The molecule has 0 spiro atoms. The Morgan fingerprint density at radius 1 is 1.18 bits per heavy atom. The third-order valence-electron chi connectivity index (χ3n) is 5.91. The summed E-state index contributed by atoms with van der Waals surface area (Å²) >= 11 is 0. The summed E-state index contributed by atoms with van der Waals surface area (Å²) in [5.41, 5.74) is -0.182. The molecule has 9 heteroatoms. The molecule has 2 saturated heterocycles. The predicted molar refractivity (Wildman–Crippen MR) is 111 cm³/mol. The molecular weight excluding hydrogens is 403 g/mol. The molecule has 1 aromatic heterocycles. The zero-order chi connectivity index (χ0) is 18.1. The number of amides is 2. The Balaban J connectivity index is 0.00000140. The van der Waals surface area contributed by atoms with Gasteiger partial charge in [0, 0.05) is 51.4 Å². The molecular formula is C19H28Cl2N4O3. The van der Waals surface area contributed by atoms with E-state index < -0.39 is 0 Å². The summed E-state index contributed by atoms with van der Waals surface area (Å²) in [4.78, 5) is 43.0. The van der Waals surface area contributed by atoms with Gasteiger partial charge in [-0.05, 0) is 43.2 Å². The summed E-state index contributed by atoms with van der Waals surface area (Å²) in [7, 11) is 0. The third-order valence-corrected chi connectivity index (χ3v) is 5.91. The number of likely N-dealkylation sites (tertiary alicyclic amines) is 2. The fourth-order valence-electron chi connectivity index (χ4n) is 4.30. The van der Waals surface area contributed by atoms with E-state index >= 15 is 0 Å². The summed E-state index contributed by atoms with van der Waals surface area (Å²) < 4.78 is 0. The van der Waals surface area contributed by atoms with E-state index in [4.69, 9.17) is 0 Å². The number of nitrogens with one attached hydrogen (secondary N) is 2. The van der Waals surface area contributed by atoms with Gasteiger partial charge < -0.3 is 15.2 Å². The minimum absolute atomic E-state index is 0. The van der Waals surface area contributed by atoms with Crippen LogP contribution in [-0.4, -0.2) is 65.4 Å². The van der Waals surface area contributed by atoms with Crippen molar-refractivity contribution in [3.63, 3.8) is 0 Å². The maximum Gasteiger partial charge on any atom is 0.260 e. The molecule has 1 aliphatic carbocycles. The van der Waals surface area contributed by atoms with Crippen molar-refractivity contribution in [2.45, 2.75) is 31.7 Å². The number of aromatic amines is 1. The molecule has 0 aromatic carbocycles. The SMILES string of the molecule is Cl.Cl.O=C(N[C@H]1CN(CCN2CCCC2=O)C[C@@H]1C1CC1)c1ccc[nH]c1=O. The van der Waals surface area contributed by atoms with Crippen molar-refractivity contribution in [2.75, 3.05) is 32.7 Å². The highest BCUT2D eigenvalue weighted by atomic mass is 35.5. The second-order valence-corrected chi connectivity index (χ2v) is 7.74. The largest absolute Gasteiger partial charge is 0.348 e. The minimum Gasteiger partial charge on any atom is -0.348 e. The lowest BCUT2D eigenvalue weighted by molar-refractivity contribution is -0.127. The number of halogens is 2. The quantitative estimate of drug-likeness (QED) is 0.711. The number of rotatable bonds is 6. The lowest BCUT2D eigenvalue weighted by Gasteiger charge is -2.21. The van der Waals surface area contributed by atoms with E-state index in [0.717, 1.165) is 39.1 Å². The summed E-state index contributed by atoms with van der Waals surface area (Å²) in [6, 6.07) is 3.30. The zero-order valence-corrected chi connectivity index (χ0v) is 17.4. The molecule has 28 heavy (non-hydrogen) atoms. The second kappa shape index (κ2) is 9.76. The third kappa shape index (κ3) is 5.07. The Kier molecular flexibility index (Phi) is 7.92. The highest BCUT2D eigenvalue weighted by molar-refractivity contribution is 5.94. The number of hydrogen-bond acceptors (Lipinski definition) is 4. The van der Waals surface area contributed by atoms with Crippen LogP contribution < -0.4 is 10.9 Å². The van der Waals surface area contributed by atoms with Gasteiger partial charge >= 0.3 is 0 Å². The number of carbonyl (C=O) groups excluding carboxylic acids is 2. The molecule has 7 nitrogen and oxygen atoms in total. The van der Waals surface area contributed by atoms with Crippen LogP contribution in [0.3, 0.4) is 0 Å². The van der Waals surface area contributed by atoms with Crippen LogP contribution in [0.5, 0.6) is 0 Å². The highest BCUT2D eigenvalue weighted by Crippen LogP contribution is 2.41. The molecule has 1 aromatic rings. The number of hydrogen-bond donors (Lipinski definition) is 2. The smallest absolute Gasteiger partial charge is 0.260 e. The van der Waals surface area contributed by atoms with Crippen molar-refractivity contribution < 1.29 is 9.59 Å². The molecule has 2 aliphatic heterocycles. The van der Waals surface area contributed by atoms with Gasteiger partial charge in [-0.25, -0.2) is 0 Å². The first-order valence-electron chi connectivity index (χ1n) is 9.60. The van der Waals surface area contributed by atoms with Crippen LogP contribution in [0.2, 0.25) is 0 Å². The zero-order valence-electron chi connectivity index (χ0n) is 15.8. The Morgan fingerprint density at radius 3 is 2.61 bits per heavy atom. The maximum absolute atomic E-state index is 12.5.